The first-order chi connectivity index (χ1) is 9.28. The molecule has 1 heterocycles. The van der Waals surface area contributed by atoms with E-state index in [0.717, 1.165) is 18.1 Å². The Labute approximate surface area is 114 Å². The second-order valence-corrected chi connectivity index (χ2v) is 5.09. The highest BCUT2D eigenvalue weighted by molar-refractivity contribution is 5.78. The van der Waals surface area contributed by atoms with Crippen LogP contribution in [0.3, 0.4) is 0 Å². The number of H-pyrrole nitrogens is 1. The molecular weight excluding hydrogens is 240 g/mol. The summed E-state index contributed by atoms with van der Waals surface area (Å²) >= 11 is 0. The molecule has 1 aromatic heterocycles. The maximum Gasteiger partial charge on any atom is 0.189 e. The monoisotopic (exact) mass is 264 g/mol. The Morgan fingerprint density at radius 3 is 2.74 bits per heavy atom. The van der Waals surface area contributed by atoms with Crippen LogP contribution in [-0.2, 0) is 13.0 Å². The molecule has 1 aliphatic rings. The minimum Gasteiger partial charge on any atom is -0.370 e. The summed E-state index contributed by atoms with van der Waals surface area (Å²) in [4.78, 5) is 8.62. The van der Waals surface area contributed by atoms with Crippen molar-refractivity contribution in [2.45, 2.75) is 64.5 Å². The zero-order chi connectivity index (χ0) is 13.5. The summed E-state index contributed by atoms with van der Waals surface area (Å²) in [6.07, 6.45) is 8.47. The van der Waals surface area contributed by atoms with Crippen molar-refractivity contribution in [2.24, 2.45) is 10.7 Å². The van der Waals surface area contributed by atoms with Gasteiger partial charge in [-0.3, -0.25) is 5.10 Å². The van der Waals surface area contributed by atoms with Gasteiger partial charge in [0.15, 0.2) is 11.8 Å². The summed E-state index contributed by atoms with van der Waals surface area (Å²) in [7, 11) is 0. The van der Waals surface area contributed by atoms with Crippen LogP contribution in [0.15, 0.2) is 4.99 Å². The summed E-state index contributed by atoms with van der Waals surface area (Å²) < 4.78 is 0. The standard InChI is InChI=1S/C13H24N6/c1-2-11-17-12(19-18-11)9-15-13(14)16-10-7-5-3-4-6-8-10/h10H,2-9H2,1H3,(H3,14,15,16)(H,17,18,19). The van der Waals surface area contributed by atoms with Crippen molar-refractivity contribution in [3.05, 3.63) is 11.6 Å². The number of nitrogens with two attached hydrogens (primary N) is 1. The van der Waals surface area contributed by atoms with Gasteiger partial charge in [0.2, 0.25) is 0 Å². The van der Waals surface area contributed by atoms with Crippen molar-refractivity contribution in [3.63, 3.8) is 0 Å². The van der Waals surface area contributed by atoms with Crippen LogP contribution < -0.4 is 11.1 Å². The molecule has 6 heteroatoms. The molecule has 0 atom stereocenters. The molecule has 6 nitrogen and oxygen atoms in total. The Morgan fingerprint density at radius 2 is 2.11 bits per heavy atom. The third-order valence-corrected chi connectivity index (χ3v) is 3.50. The number of aryl methyl sites for hydroxylation is 1. The van der Waals surface area contributed by atoms with Gasteiger partial charge < -0.3 is 11.1 Å². The Bertz CT molecular complexity index is 403. The number of aliphatic imine (C=N–C) groups is 1. The van der Waals surface area contributed by atoms with Crippen LogP contribution in [-0.4, -0.2) is 27.2 Å². The van der Waals surface area contributed by atoms with E-state index in [0.29, 0.717) is 18.5 Å². The summed E-state index contributed by atoms with van der Waals surface area (Å²) in [5, 5.41) is 10.3. The van der Waals surface area contributed by atoms with Crippen LogP contribution in [0.25, 0.3) is 0 Å². The second-order valence-electron chi connectivity index (χ2n) is 5.09. The number of rotatable bonds is 4. The Kier molecular flexibility index (Phi) is 5.18. The lowest BCUT2D eigenvalue weighted by atomic mass is 10.1. The van der Waals surface area contributed by atoms with Gasteiger partial charge in [-0.15, -0.1) is 0 Å². The van der Waals surface area contributed by atoms with Crippen molar-refractivity contribution in [3.8, 4) is 0 Å². The summed E-state index contributed by atoms with van der Waals surface area (Å²) in [6, 6.07) is 0.479. The van der Waals surface area contributed by atoms with E-state index in [2.05, 4.69) is 25.5 Å². The molecular formula is C13H24N6. The molecule has 0 unspecified atom stereocenters. The molecule has 1 saturated carbocycles. The zero-order valence-corrected chi connectivity index (χ0v) is 11.7. The van der Waals surface area contributed by atoms with E-state index in [1.165, 1.54) is 38.5 Å². The average molecular weight is 264 g/mol. The van der Waals surface area contributed by atoms with Crippen molar-refractivity contribution in [2.75, 3.05) is 0 Å². The number of guanidine groups is 1. The maximum absolute atomic E-state index is 5.92. The molecule has 0 aliphatic heterocycles. The predicted molar refractivity (Wildman–Crippen MR) is 75.7 cm³/mol. The smallest absolute Gasteiger partial charge is 0.189 e. The number of hydrogen-bond donors (Lipinski definition) is 3. The van der Waals surface area contributed by atoms with E-state index < -0.39 is 0 Å². The highest BCUT2D eigenvalue weighted by Crippen LogP contribution is 2.16. The highest BCUT2D eigenvalue weighted by Gasteiger charge is 2.12. The molecule has 0 bridgehead atoms. The lowest BCUT2D eigenvalue weighted by Gasteiger charge is -2.16. The van der Waals surface area contributed by atoms with Gasteiger partial charge in [-0.2, -0.15) is 5.10 Å². The van der Waals surface area contributed by atoms with Gasteiger partial charge in [-0.1, -0.05) is 32.6 Å². The molecule has 1 aromatic rings. The summed E-state index contributed by atoms with van der Waals surface area (Å²) in [6.45, 7) is 2.48. The van der Waals surface area contributed by atoms with Crippen LogP contribution in [0.1, 0.15) is 57.1 Å². The average Bonchev–Trinajstić information content (AvgIpc) is 2.73. The molecule has 0 radical (unpaired) electrons. The topological polar surface area (TPSA) is 92.0 Å². The van der Waals surface area contributed by atoms with Crippen LogP contribution >= 0.6 is 0 Å². The van der Waals surface area contributed by atoms with Gasteiger partial charge in [0.25, 0.3) is 0 Å². The first-order valence-electron chi connectivity index (χ1n) is 7.24. The quantitative estimate of drug-likeness (QED) is 0.436. The molecule has 0 aromatic carbocycles. The van der Waals surface area contributed by atoms with Crippen molar-refractivity contribution >= 4 is 5.96 Å². The van der Waals surface area contributed by atoms with E-state index in [9.17, 15) is 0 Å². The van der Waals surface area contributed by atoms with Gasteiger partial charge in [0, 0.05) is 12.5 Å². The number of hydrogen-bond acceptors (Lipinski definition) is 3. The van der Waals surface area contributed by atoms with Gasteiger partial charge in [-0.25, -0.2) is 9.98 Å². The summed E-state index contributed by atoms with van der Waals surface area (Å²) in [5.74, 6) is 2.10. The number of aromatic nitrogens is 3. The van der Waals surface area contributed by atoms with Crippen LogP contribution in [0, 0.1) is 0 Å². The first-order valence-corrected chi connectivity index (χ1v) is 7.24. The Balaban J connectivity index is 1.81. The third kappa shape index (κ3) is 4.54. The van der Waals surface area contributed by atoms with E-state index in [-0.39, 0.29) is 0 Å². The predicted octanol–water partition coefficient (Wildman–Crippen LogP) is 1.49. The van der Waals surface area contributed by atoms with Gasteiger partial charge >= 0.3 is 0 Å². The second kappa shape index (κ2) is 7.11. The lowest BCUT2D eigenvalue weighted by molar-refractivity contribution is 0.530. The third-order valence-electron chi connectivity index (χ3n) is 3.50. The number of nitrogens with one attached hydrogen (secondary N) is 2. The van der Waals surface area contributed by atoms with E-state index in [1.54, 1.807) is 0 Å². The molecule has 19 heavy (non-hydrogen) atoms. The molecule has 0 spiro atoms. The first kappa shape index (κ1) is 13.8. The fourth-order valence-electron chi connectivity index (χ4n) is 2.40. The van der Waals surface area contributed by atoms with Crippen molar-refractivity contribution in [1.82, 2.24) is 20.5 Å². The van der Waals surface area contributed by atoms with E-state index in [1.807, 2.05) is 6.92 Å². The zero-order valence-electron chi connectivity index (χ0n) is 11.7. The number of aromatic amines is 1. The molecule has 2 rings (SSSR count). The maximum atomic E-state index is 5.92. The molecule has 1 aliphatic carbocycles. The summed E-state index contributed by atoms with van der Waals surface area (Å²) in [5.41, 5.74) is 5.92. The SMILES string of the molecule is CCc1n[nH]c(CN=C(N)NC2CCCCCC2)n1. The fourth-order valence-corrected chi connectivity index (χ4v) is 2.40. The lowest BCUT2D eigenvalue weighted by Crippen LogP contribution is -2.39. The van der Waals surface area contributed by atoms with Crippen LogP contribution in [0.5, 0.6) is 0 Å². The normalized spacial score (nSPS) is 18.3. The minimum atomic E-state index is 0.457. The van der Waals surface area contributed by atoms with Gasteiger partial charge in [0.05, 0.1) is 0 Å². The van der Waals surface area contributed by atoms with E-state index >= 15 is 0 Å². The van der Waals surface area contributed by atoms with Crippen molar-refractivity contribution < 1.29 is 0 Å². The largest absolute Gasteiger partial charge is 0.370 e. The van der Waals surface area contributed by atoms with Gasteiger partial charge in [0.1, 0.15) is 12.4 Å². The molecule has 106 valence electrons. The van der Waals surface area contributed by atoms with E-state index in [4.69, 9.17) is 5.73 Å². The van der Waals surface area contributed by atoms with Gasteiger partial charge in [-0.05, 0) is 12.8 Å². The highest BCUT2D eigenvalue weighted by atomic mass is 15.2. The molecule has 0 saturated heterocycles. The Morgan fingerprint density at radius 1 is 1.37 bits per heavy atom. The molecule has 4 N–H and O–H groups in total. The Hall–Kier alpha value is -1.59. The molecule has 1 fully saturated rings. The van der Waals surface area contributed by atoms with Crippen LogP contribution in [0.4, 0.5) is 0 Å². The fraction of sp³-hybridized carbons (Fsp3) is 0.769. The van der Waals surface area contributed by atoms with Crippen LogP contribution in [0.2, 0.25) is 0 Å². The minimum absolute atomic E-state index is 0.457. The number of nitrogens with zero attached hydrogens (tertiary/aromatic N) is 3. The molecule has 0 amide bonds. The van der Waals surface area contributed by atoms with Crippen molar-refractivity contribution in [1.29, 1.82) is 0 Å².